The van der Waals surface area contributed by atoms with Crippen molar-refractivity contribution in [1.82, 2.24) is 4.90 Å². The molecule has 1 aliphatic rings. The Balaban J connectivity index is 2.37. The summed E-state index contributed by atoms with van der Waals surface area (Å²) in [5, 5.41) is 20.4. The molecule has 102 valence electrons. The maximum Gasteiger partial charge on any atom is 0.282 e. The Kier molecular flexibility index (Phi) is 3.69. The predicted octanol–water partition coefficient (Wildman–Crippen LogP) is 2.32. The van der Waals surface area contributed by atoms with Gasteiger partial charge in [-0.05, 0) is 38.3 Å². The summed E-state index contributed by atoms with van der Waals surface area (Å²) in [4.78, 5) is 24.4. The van der Waals surface area contributed by atoms with Crippen LogP contribution in [0.4, 0.5) is 5.69 Å². The molecule has 1 atom stereocenters. The second kappa shape index (κ2) is 5.26. The Morgan fingerprint density at radius 3 is 2.84 bits per heavy atom. The number of piperidine rings is 1. The fourth-order valence-corrected chi connectivity index (χ4v) is 2.41. The van der Waals surface area contributed by atoms with E-state index >= 15 is 0 Å². The average molecular weight is 264 g/mol. The summed E-state index contributed by atoms with van der Waals surface area (Å²) in [6, 6.07) is 3.62. The summed E-state index contributed by atoms with van der Waals surface area (Å²) in [5.41, 5.74) is -0.306. The van der Waals surface area contributed by atoms with Crippen LogP contribution in [0.15, 0.2) is 18.2 Å². The topological polar surface area (TPSA) is 83.7 Å². The van der Waals surface area contributed by atoms with E-state index in [1.54, 1.807) is 4.90 Å². The molecule has 2 rings (SSSR count). The van der Waals surface area contributed by atoms with Crippen LogP contribution in [-0.2, 0) is 0 Å². The number of hydrogen-bond acceptors (Lipinski definition) is 4. The molecule has 19 heavy (non-hydrogen) atoms. The number of nitro benzene ring substituents is 1. The van der Waals surface area contributed by atoms with Crippen LogP contribution in [0, 0.1) is 10.1 Å². The molecule has 1 aromatic rings. The van der Waals surface area contributed by atoms with Gasteiger partial charge >= 0.3 is 0 Å². The van der Waals surface area contributed by atoms with Gasteiger partial charge in [0.2, 0.25) is 0 Å². The number of rotatable bonds is 2. The van der Waals surface area contributed by atoms with Crippen LogP contribution in [0.2, 0.25) is 0 Å². The van der Waals surface area contributed by atoms with Gasteiger partial charge in [-0.15, -0.1) is 0 Å². The summed E-state index contributed by atoms with van der Waals surface area (Å²) >= 11 is 0. The molecule has 0 aromatic heterocycles. The number of likely N-dealkylation sites (tertiary alicyclic amines) is 1. The third kappa shape index (κ3) is 2.67. The van der Waals surface area contributed by atoms with E-state index in [4.69, 9.17) is 0 Å². The van der Waals surface area contributed by atoms with E-state index in [-0.39, 0.29) is 28.9 Å². The summed E-state index contributed by atoms with van der Waals surface area (Å²) in [6.07, 6.45) is 2.87. The standard InChI is InChI=1S/C13H16N2O4/c1-9-4-2-3-7-14(9)13(17)11-8-10(16)5-6-12(11)15(18)19/h5-6,8-9,16H,2-4,7H2,1H3. The third-order valence-electron chi connectivity index (χ3n) is 3.47. The van der Waals surface area contributed by atoms with Gasteiger partial charge < -0.3 is 10.0 Å². The van der Waals surface area contributed by atoms with Gasteiger partial charge in [-0.25, -0.2) is 0 Å². The zero-order chi connectivity index (χ0) is 14.0. The van der Waals surface area contributed by atoms with Gasteiger partial charge in [0.05, 0.1) is 4.92 Å². The number of nitrogens with zero attached hydrogens (tertiary/aromatic N) is 2. The zero-order valence-corrected chi connectivity index (χ0v) is 10.7. The Hall–Kier alpha value is -2.11. The van der Waals surface area contributed by atoms with Crippen LogP contribution in [0.1, 0.15) is 36.5 Å². The molecule has 1 fully saturated rings. The monoisotopic (exact) mass is 264 g/mol. The SMILES string of the molecule is CC1CCCCN1C(=O)c1cc(O)ccc1[N+](=O)[O-]. The van der Waals surface area contributed by atoms with E-state index in [9.17, 15) is 20.0 Å². The molecule has 1 unspecified atom stereocenters. The minimum absolute atomic E-state index is 0.0428. The van der Waals surface area contributed by atoms with E-state index in [1.807, 2.05) is 6.92 Å². The fraction of sp³-hybridized carbons (Fsp3) is 0.462. The summed E-state index contributed by atoms with van der Waals surface area (Å²) in [5.74, 6) is -0.520. The Bertz CT molecular complexity index is 515. The molecule has 1 aromatic carbocycles. The first kappa shape index (κ1) is 13.3. The molecule has 6 nitrogen and oxygen atoms in total. The van der Waals surface area contributed by atoms with Gasteiger partial charge in [-0.2, -0.15) is 0 Å². The van der Waals surface area contributed by atoms with Crippen molar-refractivity contribution in [3.63, 3.8) is 0 Å². The highest BCUT2D eigenvalue weighted by Gasteiger charge is 2.29. The Morgan fingerprint density at radius 2 is 2.21 bits per heavy atom. The van der Waals surface area contributed by atoms with Crippen molar-refractivity contribution in [3.05, 3.63) is 33.9 Å². The maximum atomic E-state index is 12.4. The number of carbonyl (C=O) groups is 1. The van der Waals surface area contributed by atoms with Crippen LogP contribution < -0.4 is 0 Å². The van der Waals surface area contributed by atoms with Gasteiger partial charge in [0.1, 0.15) is 11.3 Å². The van der Waals surface area contributed by atoms with Crippen molar-refractivity contribution < 1.29 is 14.8 Å². The van der Waals surface area contributed by atoms with Crippen molar-refractivity contribution in [2.24, 2.45) is 0 Å². The quantitative estimate of drug-likeness (QED) is 0.656. The smallest absolute Gasteiger partial charge is 0.282 e. The Labute approximate surface area is 110 Å². The lowest BCUT2D eigenvalue weighted by atomic mass is 10.0. The van der Waals surface area contributed by atoms with E-state index in [2.05, 4.69) is 0 Å². The molecule has 0 saturated carbocycles. The lowest BCUT2D eigenvalue weighted by molar-refractivity contribution is -0.385. The lowest BCUT2D eigenvalue weighted by Gasteiger charge is -2.33. The van der Waals surface area contributed by atoms with Gasteiger partial charge in [0.15, 0.2) is 0 Å². The first-order valence-corrected chi connectivity index (χ1v) is 6.29. The van der Waals surface area contributed by atoms with E-state index < -0.39 is 4.92 Å². The second-order valence-electron chi connectivity index (χ2n) is 4.80. The van der Waals surface area contributed by atoms with Gasteiger partial charge in [0, 0.05) is 18.7 Å². The number of phenolic OH excluding ortho intramolecular Hbond substituents is 1. The highest BCUT2D eigenvalue weighted by atomic mass is 16.6. The molecule has 1 saturated heterocycles. The maximum absolute atomic E-state index is 12.4. The molecule has 0 spiro atoms. The molecule has 0 bridgehead atoms. The molecule has 0 radical (unpaired) electrons. The molecule has 1 N–H and O–H groups in total. The minimum atomic E-state index is -0.596. The minimum Gasteiger partial charge on any atom is -0.508 e. The predicted molar refractivity (Wildman–Crippen MR) is 69.1 cm³/mol. The number of phenols is 1. The molecular formula is C13H16N2O4. The molecular weight excluding hydrogens is 248 g/mol. The van der Waals surface area contributed by atoms with Crippen LogP contribution in [0.5, 0.6) is 5.75 Å². The van der Waals surface area contributed by atoms with Crippen LogP contribution in [-0.4, -0.2) is 33.4 Å². The van der Waals surface area contributed by atoms with Gasteiger partial charge in [-0.3, -0.25) is 14.9 Å². The molecule has 1 amide bonds. The Morgan fingerprint density at radius 1 is 1.47 bits per heavy atom. The van der Waals surface area contributed by atoms with Crippen molar-refractivity contribution in [3.8, 4) is 5.75 Å². The molecule has 1 aliphatic heterocycles. The van der Waals surface area contributed by atoms with Crippen LogP contribution >= 0.6 is 0 Å². The zero-order valence-electron chi connectivity index (χ0n) is 10.7. The van der Waals surface area contributed by atoms with Crippen molar-refractivity contribution >= 4 is 11.6 Å². The molecule has 0 aliphatic carbocycles. The second-order valence-corrected chi connectivity index (χ2v) is 4.80. The first-order chi connectivity index (χ1) is 9.00. The number of nitro groups is 1. The first-order valence-electron chi connectivity index (χ1n) is 6.29. The van der Waals surface area contributed by atoms with Gasteiger partial charge in [-0.1, -0.05) is 0 Å². The number of amides is 1. The van der Waals surface area contributed by atoms with Crippen molar-refractivity contribution in [2.75, 3.05) is 6.54 Å². The summed E-state index contributed by atoms with van der Waals surface area (Å²) in [6.45, 7) is 2.54. The summed E-state index contributed by atoms with van der Waals surface area (Å²) < 4.78 is 0. The third-order valence-corrected chi connectivity index (χ3v) is 3.47. The lowest BCUT2D eigenvalue weighted by Crippen LogP contribution is -2.42. The highest BCUT2D eigenvalue weighted by Crippen LogP contribution is 2.27. The largest absolute Gasteiger partial charge is 0.508 e. The number of benzene rings is 1. The highest BCUT2D eigenvalue weighted by molar-refractivity contribution is 5.98. The number of hydrogen-bond donors (Lipinski definition) is 1. The number of aromatic hydroxyl groups is 1. The summed E-state index contributed by atoms with van der Waals surface area (Å²) in [7, 11) is 0. The van der Waals surface area contributed by atoms with Crippen molar-refractivity contribution in [1.29, 1.82) is 0 Å². The van der Waals surface area contributed by atoms with E-state index in [0.29, 0.717) is 6.54 Å². The average Bonchev–Trinajstić information content (AvgIpc) is 2.38. The van der Waals surface area contributed by atoms with Gasteiger partial charge in [0.25, 0.3) is 11.6 Å². The fourth-order valence-electron chi connectivity index (χ4n) is 2.41. The normalized spacial score (nSPS) is 19.2. The van der Waals surface area contributed by atoms with Crippen LogP contribution in [0.25, 0.3) is 0 Å². The van der Waals surface area contributed by atoms with Crippen molar-refractivity contribution in [2.45, 2.75) is 32.2 Å². The van der Waals surface area contributed by atoms with Crippen LogP contribution in [0.3, 0.4) is 0 Å². The number of carbonyl (C=O) groups excluding carboxylic acids is 1. The molecule has 1 heterocycles. The molecule has 6 heteroatoms. The van der Waals surface area contributed by atoms with E-state index in [1.165, 1.54) is 12.1 Å². The van der Waals surface area contributed by atoms with E-state index in [0.717, 1.165) is 25.3 Å².